The average molecular weight is 396 g/mol. The Kier molecular flexibility index (Phi) is 6.62. The third kappa shape index (κ3) is 5.25. The Bertz CT molecular complexity index is 782. The van der Waals surface area contributed by atoms with Gasteiger partial charge in [0.05, 0.1) is 12.5 Å². The number of aryl methyl sites for hydroxylation is 1. The molecule has 156 valence electrons. The molecule has 1 unspecified atom stereocenters. The summed E-state index contributed by atoms with van der Waals surface area (Å²) in [5.74, 6) is 1.18. The van der Waals surface area contributed by atoms with Crippen molar-refractivity contribution >= 4 is 5.91 Å². The molecule has 6 heteroatoms. The van der Waals surface area contributed by atoms with Crippen LogP contribution in [0.1, 0.15) is 37.1 Å². The molecule has 3 heterocycles. The van der Waals surface area contributed by atoms with Gasteiger partial charge in [0.25, 0.3) is 0 Å². The lowest BCUT2D eigenvalue weighted by Gasteiger charge is -2.42. The normalized spacial score (nSPS) is 21.9. The number of benzene rings is 1. The van der Waals surface area contributed by atoms with E-state index in [0.29, 0.717) is 12.6 Å². The van der Waals surface area contributed by atoms with Gasteiger partial charge in [-0.05, 0) is 50.9 Å². The molecule has 1 N–H and O–H groups in total. The van der Waals surface area contributed by atoms with E-state index in [9.17, 15) is 4.79 Å². The summed E-state index contributed by atoms with van der Waals surface area (Å²) in [6, 6.07) is 11.4. The van der Waals surface area contributed by atoms with E-state index in [2.05, 4.69) is 50.4 Å². The molecule has 1 atom stereocenters. The third-order valence-corrected chi connectivity index (χ3v) is 6.49. The van der Waals surface area contributed by atoms with Crippen molar-refractivity contribution in [1.29, 1.82) is 0 Å². The summed E-state index contributed by atoms with van der Waals surface area (Å²) in [5, 5.41) is 3.10. The number of hydrogen-bond acceptors (Lipinski definition) is 4. The van der Waals surface area contributed by atoms with Gasteiger partial charge in [-0.15, -0.1) is 0 Å². The van der Waals surface area contributed by atoms with E-state index in [0.717, 1.165) is 51.4 Å². The maximum absolute atomic E-state index is 12.7. The van der Waals surface area contributed by atoms with E-state index < -0.39 is 0 Å². The number of rotatable bonds is 6. The average Bonchev–Trinajstić information content (AvgIpc) is 3.18. The molecule has 4 rings (SSSR count). The largest absolute Gasteiger partial charge is 0.349 e. The van der Waals surface area contributed by atoms with Crippen molar-refractivity contribution in [2.75, 3.05) is 26.2 Å². The van der Waals surface area contributed by atoms with Gasteiger partial charge < -0.3 is 9.88 Å². The molecule has 0 bridgehead atoms. The number of nitrogens with zero attached hydrogens (tertiary/aromatic N) is 4. The van der Waals surface area contributed by atoms with Gasteiger partial charge in [0.2, 0.25) is 5.91 Å². The number of carbonyl (C=O) groups excluding carboxylic acids is 1. The molecule has 1 aromatic heterocycles. The van der Waals surface area contributed by atoms with E-state index >= 15 is 0 Å². The topological polar surface area (TPSA) is 53.4 Å². The van der Waals surface area contributed by atoms with E-state index in [1.807, 2.05) is 17.8 Å². The first-order valence-electron chi connectivity index (χ1n) is 10.9. The van der Waals surface area contributed by atoms with Crippen LogP contribution in [0.25, 0.3) is 0 Å². The van der Waals surface area contributed by atoms with Crippen LogP contribution >= 0.6 is 0 Å². The maximum atomic E-state index is 12.7. The molecule has 2 aliphatic heterocycles. The third-order valence-electron chi connectivity index (χ3n) is 6.49. The second-order valence-corrected chi connectivity index (χ2v) is 8.50. The van der Waals surface area contributed by atoms with E-state index in [4.69, 9.17) is 0 Å². The van der Waals surface area contributed by atoms with Crippen LogP contribution in [0.3, 0.4) is 0 Å². The van der Waals surface area contributed by atoms with Gasteiger partial charge in [-0.1, -0.05) is 30.3 Å². The van der Waals surface area contributed by atoms with Crippen molar-refractivity contribution in [1.82, 2.24) is 24.7 Å². The molecule has 2 saturated heterocycles. The van der Waals surface area contributed by atoms with Crippen LogP contribution in [-0.2, 0) is 24.9 Å². The highest BCUT2D eigenvalue weighted by atomic mass is 16.1. The summed E-state index contributed by atoms with van der Waals surface area (Å²) in [6.45, 7) is 5.88. The van der Waals surface area contributed by atoms with Crippen molar-refractivity contribution < 1.29 is 4.79 Å². The zero-order valence-corrected chi connectivity index (χ0v) is 17.5. The Labute approximate surface area is 173 Å². The lowest BCUT2D eigenvalue weighted by Crippen LogP contribution is -2.50. The Morgan fingerprint density at radius 1 is 1.14 bits per heavy atom. The van der Waals surface area contributed by atoms with Gasteiger partial charge in [-0.2, -0.15) is 0 Å². The number of aromatic nitrogens is 2. The van der Waals surface area contributed by atoms with Crippen LogP contribution in [0.5, 0.6) is 0 Å². The lowest BCUT2D eigenvalue weighted by molar-refractivity contribution is -0.127. The van der Waals surface area contributed by atoms with Crippen molar-refractivity contribution in [3.05, 3.63) is 54.1 Å². The number of carbonyl (C=O) groups is 1. The highest BCUT2D eigenvalue weighted by Gasteiger charge is 2.31. The van der Waals surface area contributed by atoms with Gasteiger partial charge in [0.15, 0.2) is 0 Å². The van der Waals surface area contributed by atoms with Crippen LogP contribution in [0, 0.1) is 5.92 Å². The first-order chi connectivity index (χ1) is 14.2. The molecule has 1 aromatic carbocycles. The van der Waals surface area contributed by atoms with Crippen LogP contribution in [0.4, 0.5) is 0 Å². The van der Waals surface area contributed by atoms with Crippen molar-refractivity contribution in [2.45, 2.75) is 44.8 Å². The summed E-state index contributed by atoms with van der Waals surface area (Å²) in [6.07, 6.45) is 8.20. The Hall–Kier alpha value is -2.18. The number of amides is 1. The molecule has 29 heavy (non-hydrogen) atoms. The number of nitrogens with one attached hydrogen (secondary N) is 1. The van der Waals surface area contributed by atoms with Gasteiger partial charge in [-0.25, -0.2) is 4.98 Å². The summed E-state index contributed by atoms with van der Waals surface area (Å²) in [4.78, 5) is 22.1. The van der Waals surface area contributed by atoms with Crippen molar-refractivity contribution in [3.63, 3.8) is 0 Å². The fourth-order valence-corrected chi connectivity index (χ4v) is 4.71. The van der Waals surface area contributed by atoms with E-state index in [-0.39, 0.29) is 11.8 Å². The molecule has 6 nitrogen and oxygen atoms in total. The summed E-state index contributed by atoms with van der Waals surface area (Å²) in [5.41, 5.74) is 1.40. The first kappa shape index (κ1) is 20.1. The number of imidazole rings is 1. The molecule has 2 aromatic rings. The highest BCUT2D eigenvalue weighted by Crippen LogP contribution is 2.24. The highest BCUT2D eigenvalue weighted by molar-refractivity contribution is 5.78. The summed E-state index contributed by atoms with van der Waals surface area (Å²) < 4.78 is 1.96. The van der Waals surface area contributed by atoms with Crippen molar-refractivity contribution in [2.24, 2.45) is 13.0 Å². The van der Waals surface area contributed by atoms with Gasteiger partial charge >= 0.3 is 0 Å². The minimum Gasteiger partial charge on any atom is -0.349 e. The molecule has 0 aliphatic carbocycles. The molecule has 0 radical (unpaired) electrons. The fourth-order valence-electron chi connectivity index (χ4n) is 4.71. The Balaban J connectivity index is 1.23. The maximum Gasteiger partial charge on any atom is 0.224 e. The molecule has 2 aliphatic rings. The van der Waals surface area contributed by atoms with Crippen LogP contribution in [0.15, 0.2) is 42.7 Å². The minimum absolute atomic E-state index is 0.103. The molecular formula is C23H33N5O. The Morgan fingerprint density at radius 2 is 1.93 bits per heavy atom. The molecule has 2 fully saturated rings. The zero-order chi connectivity index (χ0) is 20.1. The van der Waals surface area contributed by atoms with Crippen LogP contribution in [0.2, 0.25) is 0 Å². The zero-order valence-electron chi connectivity index (χ0n) is 17.5. The van der Waals surface area contributed by atoms with Crippen LogP contribution in [-0.4, -0.2) is 57.5 Å². The summed E-state index contributed by atoms with van der Waals surface area (Å²) in [7, 11) is 1.96. The predicted octanol–water partition coefficient (Wildman–Crippen LogP) is 2.41. The predicted molar refractivity (Wildman–Crippen MR) is 114 cm³/mol. The van der Waals surface area contributed by atoms with E-state index in [1.54, 1.807) is 6.20 Å². The van der Waals surface area contributed by atoms with Crippen LogP contribution < -0.4 is 5.32 Å². The smallest absolute Gasteiger partial charge is 0.224 e. The minimum atomic E-state index is 0.103. The fraction of sp³-hybridized carbons (Fsp3) is 0.565. The van der Waals surface area contributed by atoms with Gasteiger partial charge in [0.1, 0.15) is 5.82 Å². The monoisotopic (exact) mass is 395 g/mol. The van der Waals surface area contributed by atoms with Gasteiger partial charge in [0, 0.05) is 38.6 Å². The number of likely N-dealkylation sites (tertiary alicyclic amines) is 2. The second kappa shape index (κ2) is 9.55. The summed E-state index contributed by atoms with van der Waals surface area (Å²) >= 11 is 0. The first-order valence-corrected chi connectivity index (χ1v) is 10.9. The quantitative estimate of drug-likeness (QED) is 0.816. The Morgan fingerprint density at radius 3 is 2.66 bits per heavy atom. The molecule has 0 spiro atoms. The second-order valence-electron chi connectivity index (χ2n) is 8.50. The number of piperidine rings is 2. The molecular weight excluding hydrogens is 362 g/mol. The van der Waals surface area contributed by atoms with Crippen molar-refractivity contribution in [3.8, 4) is 0 Å². The van der Waals surface area contributed by atoms with Gasteiger partial charge in [-0.3, -0.25) is 14.6 Å². The van der Waals surface area contributed by atoms with E-state index in [1.165, 1.54) is 18.4 Å². The molecule has 1 amide bonds. The standard InChI is InChI=1S/C23H33N5O/c1-26-15-11-24-22(26)16-25-23(29)20-8-5-12-28(18-20)21-9-13-27(14-10-21)17-19-6-3-2-4-7-19/h2-4,6-7,11,15,20-21H,5,8-10,12-14,16-18H2,1H3,(H,25,29). The lowest BCUT2D eigenvalue weighted by atomic mass is 9.93. The molecule has 0 saturated carbocycles. The number of hydrogen-bond donors (Lipinski definition) is 1. The SMILES string of the molecule is Cn1ccnc1CNC(=O)C1CCCN(C2CCN(Cc3ccccc3)CC2)C1.